The lowest BCUT2D eigenvalue weighted by atomic mass is 9.92. The number of nitrogens with one attached hydrogen (secondary N) is 1. The maximum absolute atomic E-state index is 10.7. The topological polar surface area (TPSA) is 68.9 Å². The minimum absolute atomic E-state index is 0.507. The van der Waals surface area contributed by atoms with E-state index in [9.17, 15) is 10.4 Å². The molecule has 0 amide bonds. The predicted molar refractivity (Wildman–Crippen MR) is 95.6 cm³/mol. The molecule has 0 bridgehead atoms. The van der Waals surface area contributed by atoms with Gasteiger partial charge in [-0.1, -0.05) is 48.5 Å². The molecule has 0 saturated carbocycles. The van der Waals surface area contributed by atoms with Crippen molar-refractivity contribution in [1.29, 1.82) is 5.26 Å². The van der Waals surface area contributed by atoms with Crippen molar-refractivity contribution in [2.75, 3.05) is 11.9 Å². The average Bonchev–Trinajstić information content (AvgIpc) is 2.62. The van der Waals surface area contributed by atoms with Crippen LogP contribution in [0.3, 0.4) is 0 Å². The maximum Gasteiger partial charge on any atom is 0.103 e. The van der Waals surface area contributed by atoms with Crippen LogP contribution >= 0.6 is 0 Å². The highest BCUT2D eigenvalue weighted by molar-refractivity contribution is 5.93. The normalized spacial score (nSPS) is 13.2. The number of hydrogen-bond acceptors (Lipinski definition) is 4. The van der Waals surface area contributed by atoms with Gasteiger partial charge in [0.05, 0.1) is 22.4 Å². The highest BCUT2D eigenvalue weighted by Crippen LogP contribution is 2.27. The Morgan fingerprint density at radius 3 is 2.58 bits per heavy atom. The first-order valence-corrected chi connectivity index (χ1v) is 7.91. The van der Waals surface area contributed by atoms with Crippen LogP contribution in [0.15, 0.2) is 60.8 Å². The SMILES string of the molecule is CC(O)(CCNc1c(C#N)cnc2ccccc12)c1ccccc1. The van der Waals surface area contributed by atoms with Crippen LogP contribution in [-0.4, -0.2) is 16.6 Å². The Kier molecular flexibility index (Phi) is 4.45. The third kappa shape index (κ3) is 3.22. The van der Waals surface area contributed by atoms with Crippen LogP contribution in [0.2, 0.25) is 0 Å². The molecule has 0 radical (unpaired) electrons. The molecule has 24 heavy (non-hydrogen) atoms. The van der Waals surface area contributed by atoms with Crippen molar-refractivity contribution in [2.45, 2.75) is 18.9 Å². The van der Waals surface area contributed by atoms with Crippen molar-refractivity contribution in [3.63, 3.8) is 0 Å². The van der Waals surface area contributed by atoms with Gasteiger partial charge in [-0.2, -0.15) is 5.26 Å². The number of nitrogens with zero attached hydrogens (tertiary/aromatic N) is 2. The van der Waals surface area contributed by atoms with E-state index in [2.05, 4.69) is 16.4 Å². The first-order valence-electron chi connectivity index (χ1n) is 7.91. The Morgan fingerprint density at radius 2 is 1.83 bits per heavy atom. The van der Waals surface area contributed by atoms with Gasteiger partial charge in [0, 0.05) is 18.1 Å². The van der Waals surface area contributed by atoms with E-state index in [-0.39, 0.29) is 0 Å². The lowest BCUT2D eigenvalue weighted by Crippen LogP contribution is -2.24. The fourth-order valence-corrected chi connectivity index (χ4v) is 2.79. The predicted octanol–water partition coefficient (Wildman–Crippen LogP) is 3.82. The molecule has 120 valence electrons. The van der Waals surface area contributed by atoms with E-state index in [0.29, 0.717) is 18.5 Å². The van der Waals surface area contributed by atoms with E-state index in [1.165, 1.54) is 0 Å². The summed E-state index contributed by atoms with van der Waals surface area (Å²) in [6.45, 7) is 2.35. The monoisotopic (exact) mass is 317 g/mol. The number of fused-ring (bicyclic) bond motifs is 1. The molecule has 0 aliphatic carbocycles. The highest BCUT2D eigenvalue weighted by atomic mass is 16.3. The van der Waals surface area contributed by atoms with Gasteiger partial charge in [-0.15, -0.1) is 0 Å². The Bertz CT molecular complexity index is 882. The van der Waals surface area contributed by atoms with Gasteiger partial charge in [-0.25, -0.2) is 0 Å². The molecule has 0 spiro atoms. The maximum atomic E-state index is 10.7. The van der Waals surface area contributed by atoms with E-state index in [1.807, 2.05) is 54.6 Å². The van der Waals surface area contributed by atoms with E-state index in [0.717, 1.165) is 22.2 Å². The molecule has 1 unspecified atom stereocenters. The summed E-state index contributed by atoms with van der Waals surface area (Å²) in [5.41, 5.74) is 2.07. The average molecular weight is 317 g/mol. The lowest BCUT2D eigenvalue weighted by molar-refractivity contribution is 0.0515. The number of para-hydroxylation sites is 1. The fourth-order valence-electron chi connectivity index (χ4n) is 2.79. The number of rotatable bonds is 5. The van der Waals surface area contributed by atoms with Crippen molar-refractivity contribution in [1.82, 2.24) is 4.98 Å². The molecule has 3 aromatic rings. The number of hydrogen-bond donors (Lipinski definition) is 2. The zero-order valence-electron chi connectivity index (χ0n) is 13.5. The smallest absolute Gasteiger partial charge is 0.103 e. The first-order chi connectivity index (χ1) is 11.6. The molecule has 4 nitrogen and oxygen atoms in total. The third-order valence-electron chi connectivity index (χ3n) is 4.21. The molecule has 3 rings (SSSR count). The standard InChI is InChI=1S/C20H19N3O/c1-20(24,16-7-3-2-4-8-16)11-12-22-19-15(13-21)14-23-18-10-6-5-9-17(18)19/h2-10,14,24H,11-12H2,1H3,(H,22,23). The van der Waals surface area contributed by atoms with Gasteiger partial charge in [0.25, 0.3) is 0 Å². The second kappa shape index (κ2) is 6.69. The summed E-state index contributed by atoms with van der Waals surface area (Å²) in [4.78, 5) is 4.31. The Labute approximate surface area is 141 Å². The van der Waals surface area contributed by atoms with Gasteiger partial charge >= 0.3 is 0 Å². The van der Waals surface area contributed by atoms with Crippen molar-refractivity contribution >= 4 is 16.6 Å². The Morgan fingerprint density at radius 1 is 1.12 bits per heavy atom. The van der Waals surface area contributed by atoms with Crippen LogP contribution in [0, 0.1) is 11.3 Å². The van der Waals surface area contributed by atoms with Crippen LogP contribution in [-0.2, 0) is 5.60 Å². The number of nitriles is 1. The quantitative estimate of drug-likeness (QED) is 0.750. The third-order valence-corrected chi connectivity index (χ3v) is 4.21. The Hall–Kier alpha value is -2.90. The summed E-state index contributed by atoms with van der Waals surface area (Å²) in [6, 6.07) is 19.5. The van der Waals surface area contributed by atoms with Gasteiger partial charge in [-0.05, 0) is 25.0 Å². The molecular formula is C20H19N3O. The zero-order chi connectivity index (χ0) is 17.0. The van der Waals surface area contributed by atoms with E-state index < -0.39 is 5.60 Å². The number of aromatic nitrogens is 1. The summed E-state index contributed by atoms with van der Waals surface area (Å²) in [5, 5.41) is 24.2. The highest BCUT2D eigenvalue weighted by Gasteiger charge is 2.22. The van der Waals surface area contributed by atoms with Gasteiger partial charge in [0.2, 0.25) is 0 Å². The summed E-state index contributed by atoms with van der Waals surface area (Å²) in [6.07, 6.45) is 2.11. The molecule has 2 aromatic carbocycles. The summed E-state index contributed by atoms with van der Waals surface area (Å²) in [5.74, 6) is 0. The fraction of sp³-hybridized carbons (Fsp3) is 0.200. The van der Waals surface area contributed by atoms with Crippen molar-refractivity contribution in [3.05, 3.63) is 71.9 Å². The second-order valence-corrected chi connectivity index (χ2v) is 5.99. The lowest BCUT2D eigenvalue weighted by Gasteiger charge is -2.24. The molecule has 1 aromatic heterocycles. The summed E-state index contributed by atoms with van der Waals surface area (Å²) < 4.78 is 0. The first kappa shape index (κ1) is 16.0. The van der Waals surface area contributed by atoms with Crippen molar-refractivity contribution < 1.29 is 5.11 Å². The molecule has 0 aliphatic rings. The van der Waals surface area contributed by atoms with Gasteiger partial charge < -0.3 is 10.4 Å². The molecule has 0 aliphatic heterocycles. The summed E-state index contributed by atoms with van der Waals surface area (Å²) >= 11 is 0. The van der Waals surface area contributed by atoms with Crippen molar-refractivity contribution in [3.8, 4) is 6.07 Å². The minimum Gasteiger partial charge on any atom is -0.385 e. The number of benzene rings is 2. The largest absolute Gasteiger partial charge is 0.385 e. The number of pyridine rings is 1. The molecule has 0 saturated heterocycles. The van der Waals surface area contributed by atoms with Crippen molar-refractivity contribution in [2.24, 2.45) is 0 Å². The van der Waals surface area contributed by atoms with Crippen LogP contribution < -0.4 is 5.32 Å². The van der Waals surface area contributed by atoms with Crippen LogP contribution in [0.25, 0.3) is 10.9 Å². The molecule has 1 heterocycles. The molecule has 0 fully saturated rings. The van der Waals surface area contributed by atoms with Crippen LogP contribution in [0.1, 0.15) is 24.5 Å². The van der Waals surface area contributed by atoms with E-state index in [4.69, 9.17) is 0 Å². The minimum atomic E-state index is -0.927. The van der Waals surface area contributed by atoms with Gasteiger partial charge in [0.15, 0.2) is 0 Å². The number of aliphatic hydroxyl groups is 1. The molecule has 1 atom stereocenters. The summed E-state index contributed by atoms with van der Waals surface area (Å²) in [7, 11) is 0. The molecule has 4 heteroatoms. The van der Waals surface area contributed by atoms with E-state index >= 15 is 0 Å². The second-order valence-electron chi connectivity index (χ2n) is 5.99. The van der Waals surface area contributed by atoms with Gasteiger partial charge in [0.1, 0.15) is 6.07 Å². The van der Waals surface area contributed by atoms with Crippen LogP contribution in [0.4, 0.5) is 5.69 Å². The molecule has 2 N–H and O–H groups in total. The Balaban J connectivity index is 1.80. The number of anilines is 1. The van der Waals surface area contributed by atoms with Gasteiger partial charge in [-0.3, -0.25) is 4.98 Å². The molecular weight excluding hydrogens is 298 g/mol. The van der Waals surface area contributed by atoms with Crippen LogP contribution in [0.5, 0.6) is 0 Å². The van der Waals surface area contributed by atoms with E-state index in [1.54, 1.807) is 13.1 Å². The zero-order valence-corrected chi connectivity index (χ0v) is 13.5.